The molecule has 1 amide bonds. The second kappa shape index (κ2) is 8.24. The van der Waals surface area contributed by atoms with Crippen LogP contribution >= 0.6 is 11.8 Å². The van der Waals surface area contributed by atoms with Crippen molar-refractivity contribution in [1.29, 1.82) is 0 Å². The lowest BCUT2D eigenvalue weighted by molar-refractivity contribution is -0.113. The summed E-state index contributed by atoms with van der Waals surface area (Å²) < 4.78 is 10.8. The van der Waals surface area contributed by atoms with Crippen LogP contribution in [0, 0.1) is 0 Å². The number of nitrogens with zero attached hydrogens (tertiary/aromatic N) is 1. The van der Waals surface area contributed by atoms with E-state index in [2.05, 4.69) is 10.5 Å². The molecule has 6 heteroatoms. The average molecular weight is 346 g/mol. The highest BCUT2D eigenvalue weighted by molar-refractivity contribution is 7.99. The van der Waals surface area contributed by atoms with E-state index in [-0.39, 0.29) is 5.91 Å². The topological polar surface area (TPSA) is 64.4 Å². The van der Waals surface area contributed by atoms with Crippen LogP contribution in [0.1, 0.15) is 36.8 Å². The van der Waals surface area contributed by atoms with E-state index < -0.39 is 0 Å². The van der Waals surface area contributed by atoms with Crippen LogP contribution in [0.3, 0.4) is 0 Å². The van der Waals surface area contributed by atoms with Gasteiger partial charge < -0.3 is 14.6 Å². The van der Waals surface area contributed by atoms with Crippen molar-refractivity contribution >= 4 is 23.4 Å². The smallest absolute Gasteiger partial charge is 0.234 e. The van der Waals surface area contributed by atoms with E-state index in [0.717, 1.165) is 41.5 Å². The van der Waals surface area contributed by atoms with Gasteiger partial charge in [-0.25, -0.2) is 0 Å². The Morgan fingerprint density at radius 3 is 2.88 bits per heavy atom. The van der Waals surface area contributed by atoms with Gasteiger partial charge in [-0.2, -0.15) is 0 Å². The number of carbonyl (C=O) groups is 1. The molecule has 24 heavy (non-hydrogen) atoms. The Morgan fingerprint density at radius 1 is 1.29 bits per heavy atom. The number of aromatic nitrogens is 1. The SMILES string of the molecule is CCOc1ccc(NC(=O)CSCc2noc3c2CCCC3)cc1. The number of anilines is 1. The van der Waals surface area contributed by atoms with Gasteiger partial charge in [0.05, 0.1) is 18.1 Å². The summed E-state index contributed by atoms with van der Waals surface area (Å²) >= 11 is 1.56. The Morgan fingerprint density at radius 2 is 2.08 bits per heavy atom. The fourth-order valence-electron chi connectivity index (χ4n) is 2.80. The molecule has 3 rings (SSSR count). The fraction of sp³-hybridized carbons (Fsp3) is 0.444. The van der Waals surface area contributed by atoms with Crippen LogP contribution in [0.25, 0.3) is 0 Å². The Bertz CT molecular complexity index is 682. The Hall–Kier alpha value is -1.95. The molecule has 128 valence electrons. The number of thioether (sulfide) groups is 1. The lowest BCUT2D eigenvalue weighted by Gasteiger charge is -2.09. The Kier molecular flexibility index (Phi) is 5.80. The molecule has 0 aliphatic heterocycles. The van der Waals surface area contributed by atoms with Crippen LogP contribution in [0.5, 0.6) is 5.75 Å². The highest BCUT2D eigenvalue weighted by Crippen LogP contribution is 2.26. The largest absolute Gasteiger partial charge is 0.494 e. The first kappa shape index (κ1) is 16.9. The maximum absolute atomic E-state index is 12.0. The lowest BCUT2D eigenvalue weighted by Crippen LogP contribution is -2.14. The summed E-state index contributed by atoms with van der Waals surface area (Å²) in [6, 6.07) is 7.41. The summed E-state index contributed by atoms with van der Waals surface area (Å²) in [6.45, 7) is 2.58. The summed E-state index contributed by atoms with van der Waals surface area (Å²) in [5.41, 5.74) is 3.05. The van der Waals surface area contributed by atoms with Gasteiger partial charge in [0.1, 0.15) is 11.5 Å². The second-order valence-corrected chi connectivity index (χ2v) is 6.72. The molecule has 0 unspecified atom stereocenters. The monoisotopic (exact) mass is 346 g/mol. The minimum atomic E-state index is -0.0125. The van der Waals surface area contributed by atoms with E-state index in [1.165, 1.54) is 18.4 Å². The van der Waals surface area contributed by atoms with Gasteiger partial charge in [0, 0.05) is 23.4 Å². The number of nitrogens with one attached hydrogen (secondary N) is 1. The summed E-state index contributed by atoms with van der Waals surface area (Å²) in [7, 11) is 0. The molecule has 1 aliphatic rings. The first-order chi connectivity index (χ1) is 11.8. The Labute approximate surface area is 146 Å². The zero-order chi connectivity index (χ0) is 16.8. The molecule has 0 saturated heterocycles. The van der Waals surface area contributed by atoms with Crippen LogP contribution < -0.4 is 10.1 Å². The van der Waals surface area contributed by atoms with Crippen molar-refractivity contribution in [2.24, 2.45) is 0 Å². The lowest BCUT2D eigenvalue weighted by atomic mass is 9.97. The maximum Gasteiger partial charge on any atom is 0.234 e. The van der Waals surface area contributed by atoms with E-state index in [1.54, 1.807) is 11.8 Å². The van der Waals surface area contributed by atoms with Crippen LogP contribution in [-0.2, 0) is 23.4 Å². The molecule has 1 aromatic heterocycles. The summed E-state index contributed by atoms with van der Waals surface area (Å²) in [4.78, 5) is 12.0. The van der Waals surface area contributed by atoms with Crippen molar-refractivity contribution in [1.82, 2.24) is 5.16 Å². The van der Waals surface area contributed by atoms with E-state index in [0.29, 0.717) is 12.4 Å². The molecule has 1 aromatic carbocycles. The molecular weight excluding hydrogens is 324 g/mol. The summed E-state index contributed by atoms with van der Waals surface area (Å²) in [5.74, 6) is 2.95. The van der Waals surface area contributed by atoms with Crippen molar-refractivity contribution in [3.8, 4) is 5.75 Å². The molecule has 0 spiro atoms. The van der Waals surface area contributed by atoms with Crippen molar-refractivity contribution < 1.29 is 14.1 Å². The predicted octanol–water partition coefficient (Wildman–Crippen LogP) is 3.82. The molecule has 0 radical (unpaired) electrons. The van der Waals surface area contributed by atoms with Gasteiger partial charge in [-0.05, 0) is 50.5 Å². The molecule has 0 bridgehead atoms. The van der Waals surface area contributed by atoms with E-state index in [1.807, 2.05) is 31.2 Å². The third-order valence-corrected chi connectivity index (χ3v) is 4.90. The van der Waals surface area contributed by atoms with Crippen molar-refractivity contribution in [2.75, 3.05) is 17.7 Å². The van der Waals surface area contributed by atoms with E-state index >= 15 is 0 Å². The minimum Gasteiger partial charge on any atom is -0.494 e. The predicted molar refractivity (Wildman–Crippen MR) is 95.5 cm³/mol. The molecule has 2 aromatic rings. The van der Waals surface area contributed by atoms with Gasteiger partial charge in [0.15, 0.2) is 0 Å². The van der Waals surface area contributed by atoms with E-state index in [9.17, 15) is 4.79 Å². The molecule has 1 heterocycles. The van der Waals surface area contributed by atoms with Gasteiger partial charge in [-0.15, -0.1) is 11.8 Å². The van der Waals surface area contributed by atoms with Crippen molar-refractivity contribution in [3.63, 3.8) is 0 Å². The van der Waals surface area contributed by atoms with Crippen molar-refractivity contribution in [2.45, 2.75) is 38.4 Å². The van der Waals surface area contributed by atoms with Crippen LogP contribution in [0.15, 0.2) is 28.8 Å². The molecule has 0 atom stereocenters. The number of benzene rings is 1. The summed E-state index contributed by atoms with van der Waals surface area (Å²) in [6.07, 6.45) is 4.42. The highest BCUT2D eigenvalue weighted by atomic mass is 32.2. The average Bonchev–Trinajstić information content (AvgIpc) is 3.00. The number of hydrogen-bond acceptors (Lipinski definition) is 5. The van der Waals surface area contributed by atoms with Crippen LogP contribution in [0.2, 0.25) is 0 Å². The van der Waals surface area contributed by atoms with Gasteiger partial charge >= 0.3 is 0 Å². The molecule has 5 nitrogen and oxygen atoms in total. The molecule has 0 fully saturated rings. The van der Waals surface area contributed by atoms with Crippen molar-refractivity contribution in [3.05, 3.63) is 41.3 Å². The zero-order valence-electron chi connectivity index (χ0n) is 13.8. The second-order valence-electron chi connectivity index (χ2n) is 5.74. The zero-order valence-corrected chi connectivity index (χ0v) is 14.7. The highest BCUT2D eigenvalue weighted by Gasteiger charge is 2.19. The number of carbonyl (C=O) groups excluding carboxylic acids is 1. The number of amides is 1. The van der Waals surface area contributed by atoms with Crippen LogP contribution in [-0.4, -0.2) is 23.4 Å². The number of aryl methyl sites for hydroxylation is 1. The normalized spacial score (nSPS) is 13.4. The van der Waals surface area contributed by atoms with Crippen LogP contribution in [0.4, 0.5) is 5.69 Å². The first-order valence-electron chi connectivity index (χ1n) is 8.33. The fourth-order valence-corrected chi connectivity index (χ4v) is 3.58. The number of hydrogen-bond donors (Lipinski definition) is 1. The summed E-state index contributed by atoms with van der Waals surface area (Å²) in [5, 5.41) is 7.06. The minimum absolute atomic E-state index is 0.0125. The third kappa shape index (κ3) is 4.32. The first-order valence-corrected chi connectivity index (χ1v) is 9.48. The van der Waals surface area contributed by atoms with Gasteiger partial charge in [-0.3, -0.25) is 4.79 Å². The maximum atomic E-state index is 12.0. The molecular formula is C18H22N2O3S. The standard InChI is InChI=1S/C18H22N2O3S/c1-2-22-14-9-7-13(8-10-14)19-18(21)12-24-11-16-15-5-3-4-6-17(15)23-20-16/h7-10H,2-6,11-12H2,1H3,(H,19,21). The molecule has 0 saturated carbocycles. The quantitative estimate of drug-likeness (QED) is 0.825. The van der Waals surface area contributed by atoms with Gasteiger partial charge in [-0.1, -0.05) is 5.16 Å². The molecule has 1 N–H and O–H groups in total. The third-order valence-electron chi connectivity index (χ3n) is 3.95. The molecule has 1 aliphatic carbocycles. The van der Waals surface area contributed by atoms with Gasteiger partial charge in [0.25, 0.3) is 0 Å². The number of fused-ring (bicyclic) bond motifs is 1. The van der Waals surface area contributed by atoms with Gasteiger partial charge in [0.2, 0.25) is 5.91 Å². The number of rotatable bonds is 7. The number of ether oxygens (including phenoxy) is 1. The Balaban J connectivity index is 1.45. The van der Waals surface area contributed by atoms with E-state index in [4.69, 9.17) is 9.26 Å².